The number of hydrogen-bond donors (Lipinski definition) is 0. The zero-order valence-electron chi connectivity index (χ0n) is 18.1. The van der Waals surface area contributed by atoms with Crippen molar-refractivity contribution in [2.45, 2.75) is 0 Å². The molecule has 2 aliphatic rings. The van der Waals surface area contributed by atoms with Crippen molar-refractivity contribution in [1.29, 1.82) is 0 Å². The first-order chi connectivity index (χ1) is 15.7. The van der Waals surface area contributed by atoms with Crippen LogP contribution >= 0.6 is 0 Å². The number of rotatable bonds is 2. The molecule has 5 heterocycles. The topological polar surface area (TPSA) is 73.9 Å². The quantitative estimate of drug-likeness (QED) is 0.459. The van der Waals surface area contributed by atoms with Crippen LogP contribution in [0.4, 0.5) is 5.82 Å². The average molecular weight is 425 g/mol. The molecule has 2 atom stereocenters. The summed E-state index contributed by atoms with van der Waals surface area (Å²) in [6, 6.07) is 10.1. The highest BCUT2D eigenvalue weighted by atomic mass is 16.5. The second kappa shape index (κ2) is 7.46. The van der Waals surface area contributed by atoms with E-state index in [-0.39, 0.29) is 0 Å². The molecule has 6 rings (SSSR count). The van der Waals surface area contributed by atoms with Gasteiger partial charge in [-0.15, -0.1) is 0 Å². The van der Waals surface area contributed by atoms with Gasteiger partial charge in [0.05, 0.1) is 30.5 Å². The lowest BCUT2D eigenvalue weighted by Crippen LogP contribution is -2.24. The Labute approximate surface area is 185 Å². The number of ether oxygens (including phenoxy) is 1. The summed E-state index contributed by atoms with van der Waals surface area (Å²) in [7, 11) is 3.85. The molecule has 0 amide bonds. The smallest absolute Gasteiger partial charge is 0.209 e. The third-order valence-electron chi connectivity index (χ3n) is 6.34. The number of anilines is 1. The minimum absolute atomic E-state index is 0.480. The maximum Gasteiger partial charge on any atom is 0.209 e. The molecule has 32 heavy (non-hydrogen) atoms. The lowest BCUT2D eigenvalue weighted by atomic mass is 10.0. The summed E-state index contributed by atoms with van der Waals surface area (Å²) >= 11 is 0. The Kier molecular flexibility index (Phi) is 4.44. The summed E-state index contributed by atoms with van der Waals surface area (Å²) in [6.45, 7) is 3.55. The molecule has 2 saturated heterocycles. The monoisotopic (exact) mass is 425 g/mol. The van der Waals surface area contributed by atoms with Crippen LogP contribution in [0.3, 0.4) is 0 Å². The number of hydrogen-bond acceptors (Lipinski definition) is 6. The van der Waals surface area contributed by atoms with E-state index in [0.29, 0.717) is 23.5 Å². The van der Waals surface area contributed by atoms with Crippen molar-refractivity contribution in [3.8, 4) is 23.1 Å². The van der Waals surface area contributed by atoms with Crippen LogP contribution in [0.5, 0.6) is 0 Å². The predicted molar refractivity (Wildman–Crippen MR) is 121 cm³/mol. The van der Waals surface area contributed by atoms with Gasteiger partial charge >= 0.3 is 0 Å². The van der Waals surface area contributed by atoms with E-state index in [1.54, 1.807) is 4.68 Å². The van der Waals surface area contributed by atoms with Gasteiger partial charge < -0.3 is 14.2 Å². The summed E-state index contributed by atoms with van der Waals surface area (Å²) < 4.78 is 9.35. The molecule has 8 nitrogen and oxygen atoms in total. The lowest BCUT2D eigenvalue weighted by Gasteiger charge is -2.19. The van der Waals surface area contributed by atoms with Crippen LogP contribution in [0.1, 0.15) is 11.6 Å². The first-order valence-electron chi connectivity index (χ1n) is 10.8. The Morgan fingerprint density at radius 2 is 1.75 bits per heavy atom. The predicted octanol–water partition coefficient (Wildman–Crippen LogP) is 2.25. The summed E-state index contributed by atoms with van der Waals surface area (Å²) in [5.74, 6) is 9.50. The van der Waals surface area contributed by atoms with Crippen molar-refractivity contribution in [3.05, 3.63) is 54.4 Å². The Hall–Kier alpha value is -3.70. The molecule has 0 saturated carbocycles. The number of aromatic nitrogens is 6. The fourth-order valence-corrected chi connectivity index (χ4v) is 4.61. The minimum Gasteiger partial charge on any atom is -0.381 e. The van der Waals surface area contributed by atoms with Crippen molar-refractivity contribution in [3.63, 3.8) is 0 Å². The Morgan fingerprint density at radius 1 is 0.969 bits per heavy atom. The van der Waals surface area contributed by atoms with Crippen LogP contribution in [-0.2, 0) is 18.8 Å². The van der Waals surface area contributed by atoms with Crippen LogP contribution in [-0.4, -0.2) is 55.6 Å². The molecule has 0 unspecified atom stereocenters. The number of aryl methyl sites for hydroxylation is 2. The SMILES string of the molecule is Cn1cc(-c2ccccc2)nc1C#Cc1nc(N2C[C@H]3COC[C@H]3C2)c2cnn(C)c2n1. The average Bonchev–Trinajstić information content (AvgIpc) is 3.57. The fraction of sp³-hybridized carbons (Fsp3) is 0.333. The molecule has 1 aromatic carbocycles. The van der Waals surface area contributed by atoms with Gasteiger partial charge in [0.2, 0.25) is 5.82 Å². The zero-order chi connectivity index (χ0) is 21.7. The second-order valence-electron chi connectivity index (χ2n) is 8.52. The van der Waals surface area contributed by atoms with Crippen LogP contribution in [0, 0.1) is 23.7 Å². The van der Waals surface area contributed by atoms with Gasteiger partial charge in [0, 0.05) is 50.8 Å². The summed E-state index contributed by atoms with van der Waals surface area (Å²) in [5.41, 5.74) is 2.75. The van der Waals surface area contributed by atoms with Gasteiger partial charge in [-0.25, -0.2) is 15.0 Å². The molecular weight excluding hydrogens is 402 g/mol. The van der Waals surface area contributed by atoms with Crippen LogP contribution in [0.15, 0.2) is 42.7 Å². The zero-order valence-corrected chi connectivity index (χ0v) is 18.1. The Morgan fingerprint density at radius 3 is 2.53 bits per heavy atom. The molecule has 2 fully saturated rings. The normalized spacial score (nSPS) is 19.9. The highest BCUT2D eigenvalue weighted by Crippen LogP contribution is 2.34. The summed E-state index contributed by atoms with van der Waals surface area (Å²) in [4.78, 5) is 16.6. The van der Waals surface area contributed by atoms with E-state index in [1.807, 2.05) is 61.4 Å². The van der Waals surface area contributed by atoms with E-state index in [9.17, 15) is 0 Å². The summed E-state index contributed by atoms with van der Waals surface area (Å²) in [6.07, 6.45) is 3.83. The van der Waals surface area contributed by atoms with E-state index in [4.69, 9.17) is 14.7 Å². The molecule has 0 N–H and O–H groups in total. The molecule has 0 bridgehead atoms. The van der Waals surface area contributed by atoms with E-state index < -0.39 is 0 Å². The number of imidazole rings is 1. The van der Waals surface area contributed by atoms with Crippen molar-refractivity contribution < 1.29 is 4.74 Å². The third kappa shape index (κ3) is 3.22. The van der Waals surface area contributed by atoms with Crippen molar-refractivity contribution >= 4 is 16.9 Å². The third-order valence-corrected chi connectivity index (χ3v) is 6.34. The van der Waals surface area contributed by atoms with E-state index in [1.165, 1.54) is 0 Å². The van der Waals surface area contributed by atoms with Crippen molar-refractivity contribution in [1.82, 2.24) is 29.3 Å². The molecular formula is C24H23N7O. The van der Waals surface area contributed by atoms with Gasteiger partial charge in [-0.2, -0.15) is 5.10 Å². The van der Waals surface area contributed by atoms with Crippen LogP contribution in [0.2, 0.25) is 0 Å². The van der Waals surface area contributed by atoms with Gasteiger partial charge in [-0.3, -0.25) is 4.68 Å². The standard InChI is InChI=1S/C24H23N7O/c1-29-13-20(16-6-4-3-5-7-16)26-22(29)9-8-21-27-23-19(10-25-30(23)2)24(28-21)31-11-17-14-32-15-18(17)12-31/h3-7,10,13,17-18H,11-12,14-15H2,1-2H3/t17-,18+. The maximum absolute atomic E-state index is 5.64. The van der Waals surface area contributed by atoms with E-state index in [0.717, 1.165) is 54.4 Å². The van der Waals surface area contributed by atoms with Gasteiger partial charge in [0.15, 0.2) is 11.5 Å². The molecule has 8 heteroatoms. The van der Waals surface area contributed by atoms with Gasteiger partial charge in [-0.1, -0.05) is 30.3 Å². The fourth-order valence-electron chi connectivity index (χ4n) is 4.61. The second-order valence-corrected chi connectivity index (χ2v) is 8.52. The first kappa shape index (κ1) is 19.0. The minimum atomic E-state index is 0.480. The highest BCUT2D eigenvalue weighted by Gasteiger charge is 2.38. The molecule has 160 valence electrons. The van der Waals surface area contributed by atoms with E-state index >= 15 is 0 Å². The van der Waals surface area contributed by atoms with Crippen molar-refractivity contribution in [2.75, 3.05) is 31.2 Å². The Bertz CT molecular complexity index is 1350. The number of fused-ring (bicyclic) bond motifs is 2. The molecule has 0 spiro atoms. The van der Waals surface area contributed by atoms with Gasteiger partial charge in [-0.05, 0) is 11.8 Å². The molecule has 0 aliphatic carbocycles. The van der Waals surface area contributed by atoms with Crippen molar-refractivity contribution in [2.24, 2.45) is 25.9 Å². The molecule has 3 aromatic heterocycles. The number of nitrogens with zero attached hydrogens (tertiary/aromatic N) is 7. The number of benzene rings is 1. The Balaban J connectivity index is 1.37. The molecule has 0 radical (unpaired) electrons. The lowest BCUT2D eigenvalue weighted by molar-refractivity contribution is 0.177. The maximum atomic E-state index is 5.64. The largest absolute Gasteiger partial charge is 0.381 e. The van der Waals surface area contributed by atoms with Gasteiger partial charge in [0.25, 0.3) is 0 Å². The van der Waals surface area contributed by atoms with Crippen LogP contribution in [0.25, 0.3) is 22.3 Å². The van der Waals surface area contributed by atoms with Crippen LogP contribution < -0.4 is 4.90 Å². The van der Waals surface area contributed by atoms with E-state index in [2.05, 4.69) is 26.8 Å². The van der Waals surface area contributed by atoms with Gasteiger partial charge in [0.1, 0.15) is 5.82 Å². The first-order valence-corrected chi connectivity index (χ1v) is 10.8. The molecule has 2 aliphatic heterocycles. The summed E-state index contributed by atoms with van der Waals surface area (Å²) in [5, 5.41) is 5.37. The molecule has 4 aromatic rings. The highest BCUT2D eigenvalue weighted by molar-refractivity contribution is 5.87.